The summed E-state index contributed by atoms with van der Waals surface area (Å²) in [5, 5.41) is 2.83. The number of rotatable bonds is 2. The van der Waals surface area contributed by atoms with Crippen LogP contribution in [0.25, 0.3) is 0 Å². The number of carbonyl (C=O) groups excluding carboxylic acids is 1. The molecule has 1 aromatic heterocycles. The summed E-state index contributed by atoms with van der Waals surface area (Å²) in [6.45, 7) is 3.78. The Kier molecular flexibility index (Phi) is 3.33. The van der Waals surface area contributed by atoms with Crippen LogP contribution in [0, 0.1) is 13.8 Å². The fraction of sp³-hybridized carbons (Fsp3) is 0.154. The van der Waals surface area contributed by atoms with Gasteiger partial charge in [0.15, 0.2) is 0 Å². The SMILES string of the molecule is Cc1ccc(Br)c(NC(=O)c2coc(C)c2)c1. The first-order valence-corrected chi connectivity index (χ1v) is 5.98. The van der Waals surface area contributed by atoms with Gasteiger partial charge in [-0.15, -0.1) is 0 Å². The number of amides is 1. The molecule has 4 heteroatoms. The number of carbonyl (C=O) groups is 1. The van der Waals surface area contributed by atoms with Crippen molar-refractivity contribution in [3.05, 3.63) is 51.9 Å². The summed E-state index contributed by atoms with van der Waals surface area (Å²) in [5.74, 6) is 0.548. The molecule has 0 atom stereocenters. The summed E-state index contributed by atoms with van der Waals surface area (Å²) in [7, 11) is 0. The Balaban J connectivity index is 2.21. The van der Waals surface area contributed by atoms with Gasteiger partial charge in [-0.25, -0.2) is 0 Å². The van der Waals surface area contributed by atoms with Crippen LogP contribution < -0.4 is 5.32 Å². The lowest BCUT2D eigenvalue weighted by molar-refractivity contribution is 0.102. The summed E-state index contributed by atoms with van der Waals surface area (Å²) >= 11 is 3.40. The van der Waals surface area contributed by atoms with Crippen molar-refractivity contribution < 1.29 is 9.21 Å². The van der Waals surface area contributed by atoms with Gasteiger partial charge in [-0.1, -0.05) is 6.07 Å². The van der Waals surface area contributed by atoms with Gasteiger partial charge in [0, 0.05) is 4.47 Å². The third-order valence-corrected chi connectivity index (χ3v) is 3.05. The molecule has 88 valence electrons. The minimum atomic E-state index is -0.173. The fourth-order valence-corrected chi connectivity index (χ4v) is 1.84. The lowest BCUT2D eigenvalue weighted by Crippen LogP contribution is -2.11. The number of hydrogen-bond donors (Lipinski definition) is 1. The maximum atomic E-state index is 11.9. The van der Waals surface area contributed by atoms with Crippen molar-refractivity contribution >= 4 is 27.5 Å². The highest BCUT2D eigenvalue weighted by molar-refractivity contribution is 9.10. The van der Waals surface area contributed by atoms with Crippen molar-refractivity contribution in [1.82, 2.24) is 0 Å². The first-order valence-electron chi connectivity index (χ1n) is 5.19. The highest BCUT2D eigenvalue weighted by Gasteiger charge is 2.10. The van der Waals surface area contributed by atoms with Gasteiger partial charge in [0.25, 0.3) is 5.91 Å². The second-order valence-corrected chi connectivity index (χ2v) is 4.74. The van der Waals surface area contributed by atoms with Crippen LogP contribution in [0.4, 0.5) is 5.69 Å². The zero-order valence-electron chi connectivity index (χ0n) is 9.58. The quantitative estimate of drug-likeness (QED) is 0.912. The van der Waals surface area contributed by atoms with Crippen molar-refractivity contribution in [2.45, 2.75) is 13.8 Å². The molecule has 2 aromatic rings. The Hall–Kier alpha value is -1.55. The van der Waals surface area contributed by atoms with Crippen LogP contribution in [0.5, 0.6) is 0 Å². The van der Waals surface area contributed by atoms with E-state index in [1.165, 1.54) is 6.26 Å². The van der Waals surface area contributed by atoms with Crippen LogP contribution in [-0.4, -0.2) is 5.91 Å². The minimum Gasteiger partial charge on any atom is -0.469 e. The predicted molar refractivity (Wildman–Crippen MR) is 70.3 cm³/mol. The number of anilines is 1. The van der Waals surface area contributed by atoms with E-state index in [-0.39, 0.29) is 5.91 Å². The van der Waals surface area contributed by atoms with E-state index in [1.54, 1.807) is 13.0 Å². The van der Waals surface area contributed by atoms with E-state index in [9.17, 15) is 4.79 Å². The Morgan fingerprint density at radius 1 is 1.29 bits per heavy atom. The topological polar surface area (TPSA) is 42.2 Å². The third kappa shape index (κ3) is 2.77. The van der Waals surface area contributed by atoms with Crippen LogP contribution in [0.1, 0.15) is 21.7 Å². The Morgan fingerprint density at radius 2 is 2.06 bits per heavy atom. The molecule has 3 nitrogen and oxygen atoms in total. The summed E-state index contributed by atoms with van der Waals surface area (Å²) in [6, 6.07) is 7.50. The number of halogens is 1. The Morgan fingerprint density at radius 3 is 2.71 bits per heavy atom. The molecule has 0 radical (unpaired) electrons. The normalized spacial score (nSPS) is 10.3. The largest absolute Gasteiger partial charge is 0.469 e. The molecule has 0 spiro atoms. The van der Waals surface area contributed by atoms with Crippen LogP contribution in [0.15, 0.2) is 39.4 Å². The van der Waals surface area contributed by atoms with Crippen molar-refractivity contribution in [3.8, 4) is 0 Å². The van der Waals surface area contributed by atoms with Gasteiger partial charge in [-0.2, -0.15) is 0 Å². The van der Waals surface area contributed by atoms with Gasteiger partial charge in [0.05, 0.1) is 11.3 Å². The molecule has 0 saturated carbocycles. The van der Waals surface area contributed by atoms with Gasteiger partial charge in [-0.05, 0) is 53.5 Å². The first-order chi connectivity index (χ1) is 8.06. The zero-order chi connectivity index (χ0) is 12.4. The molecule has 1 aromatic carbocycles. The summed E-state index contributed by atoms with van der Waals surface area (Å²) in [6.07, 6.45) is 1.45. The van der Waals surface area contributed by atoms with Crippen LogP contribution in [-0.2, 0) is 0 Å². The van der Waals surface area contributed by atoms with Crippen molar-refractivity contribution in [3.63, 3.8) is 0 Å². The molecule has 17 heavy (non-hydrogen) atoms. The van der Waals surface area contributed by atoms with E-state index in [1.807, 2.05) is 25.1 Å². The lowest BCUT2D eigenvalue weighted by atomic mass is 10.2. The van der Waals surface area contributed by atoms with E-state index in [0.717, 1.165) is 21.5 Å². The minimum absolute atomic E-state index is 0.173. The standard InChI is InChI=1S/C13H12BrNO2/c1-8-3-4-11(14)12(5-8)15-13(16)10-6-9(2)17-7-10/h3-7H,1-2H3,(H,15,16). The average Bonchev–Trinajstić information content (AvgIpc) is 2.70. The smallest absolute Gasteiger partial charge is 0.258 e. The van der Waals surface area contributed by atoms with Crippen LogP contribution in [0.2, 0.25) is 0 Å². The fourth-order valence-electron chi connectivity index (χ4n) is 1.49. The molecular formula is C13H12BrNO2. The van der Waals surface area contributed by atoms with Crippen LogP contribution >= 0.6 is 15.9 Å². The molecule has 0 aliphatic heterocycles. The Bertz CT molecular complexity index is 560. The molecule has 0 aliphatic rings. The summed E-state index contributed by atoms with van der Waals surface area (Å²) < 4.78 is 5.96. The molecule has 0 aliphatic carbocycles. The average molecular weight is 294 g/mol. The van der Waals surface area contributed by atoms with E-state index in [2.05, 4.69) is 21.2 Å². The molecule has 0 unspecified atom stereocenters. The molecular weight excluding hydrogens is 282 g/mol. The van der Waals surface area contributed by atoms with Gasteiger partial charge in [0.2, 0.25) is 0 Å². The summed E-state index contributed by atoms with van der Waals surface area (Å²) in [4.78, 5) is 11.9. The van der Waals surface area contributed by atoms with E-state index >= 15 is 0 Å². The predicted octanol–water partition coefficient (Wildman–Crippen LogP) is 3.91. The second kappa shape index (κ2) is 4.75. The van der Waals surface area contributed by atoms with Gasteiger partial charge in [-0.3, -0.25) is 4.79 Å². The number of nitrogens with one attached hydrogen (secondary N) is 1. The zero-order valence-corrected chi connectivity index (χ0v) is 11.2. The number of benzene rings is 1. The Labute approximate surface area is 108 Å². The maximum Gasteiger partial charge on any atom is 0.258 e. The summed E-state index contributed by atoms with van der Waals surface area (Å²) in [5.41, 5.74) is 2.37. The van der Waals surface area contributed by atoms with Crippen molar-refractivity contribution in [2.24, 2.45) is 0 Å². The van der Waals surface area contributed by atoms with Crippen molar-refractivity contribution in [1.29, 1.82) is 0 Å². The lowest BCUT2D eigenvalue weighted by Gasteiger charge is -2.06. The molecule has 1 N–H and O–H groups in total. The highest BCUT2D eigenvalue weighted by Crippen LogP contribution is 2.24. The van der Waals surface area contributed by atoms with Gasteiger partial charge < -0.3 is 9.73 Å². The third-order valence-electron chi connectivity index (χ3n) is 2.36. The molecule has 2 rings (SSSR count). The molecule has 1 amide bonds. The molecule has 0 saturated heterocycles. The highest BCUT2D eigenvalue weighted by atomic mass is 79.9. The first kappa shape index (κ1) is 11.9. The number of aryl methyl sites for hydroxylation is 2. The molecule has 0 fully saturated rings. The maximum absolute atomic E-state index is 11.9. The number of hydrogen-bond acceptors (Lipinski definition) is 2. The van der Waals surface area contributed by atoms with Gasteiger partial charge >= 0.3 is 0 Å². The van der Waals surface area contributed by atoms with E-state index in [4.69, 9.17) is 4.42 Å². The van der Waals surface area contributed by atoms with E-state index in [0.29, 0.717) is 5.56 Å². The van der Waals surface area contributed by atoms with E-state index < -0.39 is 0 Å². The van der Waals surface area contributed by atoms with Gasteiger partial charge in [0.1, 0.15) is 12.0 Å². The van der Waals surface area contributed by atoms with Crippen molar-refractivity contribution in [2.75, 3.05) is 5.32 Å². The monoisotopic (exact) mass is 293 g/mol. The second-order valence-electron chi connectivity index (χ2n) is 3.88. The number of furan rings is 1. The molecule has 0 bridgehead atoms. The van der Waals surface area contributed by atoms with Crippen LogP contribution in [0.3, 0.4) is 0 Å². The molecule has 1 heterocycles.